The van der Waals surface area contributed by atoms with E-state index in [4.69, 9.17) is 14.3 Å². The van der Waals surface area contributed by atoms with E-state index >= 15 is 0 Å². The Morgan fingerprint density at radius 2 is 1.08 bits per heavy atom. The van der Waals surface area contributed by atoms with Gasteiger partial charge in [0.25, 0.3) is 11.8 Å². The van der Waals surface area contributed by atoms with Gasteiger partial charge in [0, 0.05) is 32.6 Å². The fourth-order valence-corrected chi connectivity index (χ4v) is 13.0. The van der Waals surface area contributed by atoms with Crippen molar-refractivity contribution in [1.29, 1.82) is 0 Å². The lowest BCUT2D eigenvalue weighted by Gasteiger charge is -2.39. The molecule has 8 rings (SSSR count). The van der Waals surface area contributed by atoms with E-state index in [-0.39, 0.29) is 22.9 Å². The molecule has 2 amide bonds. The van der Waals surface area contributed by atoms with Crippen molar-refractivity contribution >= 4 is 54.5 Å². The van der Waals surface area contributed by atoms with Gasteiger partial charge in [0.1, 0.15) is 35.8 Å². The Kier molecular flexibility index (Phi) is 11.8. The topological polar surface area (TPSA) is 201 Å². The second-order valence-electron chi connectivity index (χ2n) is 14.0. The molecule has 0 saturated heterocycles. The SMILES string of the molecule is COc1ccc(S(=O)(=O)N2Cc3cc(-c4ccccc4)sc3[C@H](O)[C@@H]2C(=O)NO[C@H]2c3sc(-c4ccccc4)cc3CN(S(=O)(=O)c3ccc(OC)cc3)[C@H]2C(=O)NO)cc1. The molecule has 4 aromatic carbocycles. The van der Waals surface area contributed by atoms with Gasteiger partial charge in [-0.15, -0.1) is 22.7 Å². The second-order valence-corrected chi connectivity index (χ2v) is 19.9. The molecule has 0 aliphatic carbocycles. The Morgan fingerprint density at radius 1 is 0.639 bits per heavy atom. The molecule has 316 valence electrons. The third-order valence-electron chi connectivity index (χ3n) is 10.5. The standard InChI is InChI=1S/C42H38N4O11S4/c1-55-29-13-17-31(18-14-29)60(51,52)45-23-27-21-33(25-9-5-3-6-10-25)58-39(27)37(47)35(45)42(49)44-57-38-36(41(48)43-50)46(61(53,54)32-19-15-30(56-2)16-20-32)24-28-22-34(59-40(28)38)26-11-7-4-8-12-26/h3-22,35-38,47,50H,23-24H2,1-2H3,(H,43,48)(H,44,49)/t35-,36-,37-,38-/m1/s1. The number of methoxy groups -OCH3 is 2. The minimum absolute atomic E-state index is 0.177. The quantitative estimate of drug-likeness (QED) is 0.0876. The Labute approximate surface area is 359 Å². The van der Waals surface area contributed by atoms with E-state index in [1.54, 1.807) is 17.6 Å². The lowest BCUT2D eigenvalue weighted by molar-refractivity contribution is -0.157. The highest BCUT2D eigenvalue weighted by Gasteiger charge is 2.50. The van der Waals surface area contributed by atoms with Crippen LogP contribution in [0.25, 0.3) is 20.9 Å². The molecular weight excluding hydrogens is 865 g/mol. The number of rotatable bonds is 12. The first-order valence-corrected chi connectivity index (χ1v) is 23.1. The summed E-state index contributed by atoms with van der Waals surface area (Å²) in [6.07, 6.45) is -3.29. The average Bonchev–Trinajstić information content (AvgIpc) is 3.94. The van der Waals surface area contributed by atoms with E-state index in [2.05, 4.69) is 5.48 Å². The number of benzene rings is 4. The number of aliphatic hydroxyl groups excluding tert-OH is 1. The summed E-state index contributed by atoms with van der Waals surface area (Å²) in [6, 6.07) is 29.5. The highest BCUT2D eigenvalue weighted by Crippen LogP contribution is 2.46. The van der Waals surface area contributed by atoms with Crippen LogP contribution in [0.2, 0.25) is 0 Å². The lowest BCUT2D eigenvalue weighted by atomic mass is 9.99. The zero-order chi connectivity index (χ0) is 43.1. The molecule has 15 nitrogen and oxygen atoms in total. The van der Waals surface area contributed by atoms with E-state index in [0.717, 1.165) is 24.6 Å². The average molecular weight is 903 g/mol. The number of carbonyl (C=O) groups is 2. The van der Waals surface area contributed by atoms with Gasteiger partial charge in [-0.05, 0) is 82.9 Å². The summed E-state index contributed by atoms with van der Waals surface area (Å²) in [5.41, 5.74) is 6.40. The third kappa shape index (κ3) is 7.95. The fraction of sp³-hybridized carbons (Fsp3) is 0.190. The first-order valence-electron chi connectivity index (χ1n) is 18.6. The summed E-state index contributed by atoms with van der Waals surface area (Å²) in [7, 11) is -6.17. The third-order valence-corrected chi connectivity index (χ3v) is 16.7. The largest absolute Gasteiger partial charge is 0.497 e. The Morgan fingerprint density at radius 3 is 1.54 bits per heavy atom. The summed E-state index contributed by atoms with van der Waals surface area (Å²) in [5.74, 6) is -1.50. The van der Waals surface area contributed by atoms with Crippen LogP contribution < -0.4 is 20.4 Å². The van der Waals surface area contributed by atoms with Crippen LogP contribution in [0.3, 0.4) is 0 Å². The number of ether oxygens (including phenoxy) is 2. The number of nitrogens with one attached hydrogen (secondary N) is 2. The van der Waals surface area contributed by atoms with Crippen LogP contribution in [0.5, 0.6) is 11.5 Å². The van der Waals surface area contributed by atoms with Crippen LogP contribution in [0.4, 0.5) is 0 Å². The van der Waals surface area contributed by atoms with Gasteiger partial charge in [-0.25, -0.2) is 27.8 Å². The molecule has 0 unspecified atom stereocenters. The van der Waals surface area contributed by atoms with Gasteiger partial charge in [0.15, 0.2) is 0 Å². The maximum Gasteiger partial charge on any atom is 0.265 e. The summed E-state index contributed by atoms with van der Waals surface area (Å²) in [4.78, 5) is 36.1. The van der Waals surface area contributed by atoms with Crippen molar-refractivity contribution in [3.8, 4) is 32.4 Å². The zero-order valence-corrected chi connectivity index (χ0v) is 35.6. The normalized spacial score (nSPS) is 19.3. The number of thiophene rings is 2. The molecule has 0 fully saturated rings. The predicted molar refractivity (Wildman–Crippen MR) is 225 cm³/mol. The summed E-state index contributed by atoms with van der Waals surface area (Å²) in [5, 5.41) is 22.0. The monoisotopic (exact) mass is 902 g/mol. The van der Waals surface area contributed by atoms with Gasteiger partial charge >= 0.3 is 0 Å². The molecule has 4 heterocycles. The molecule has 0 spiro atoms. The van der Waals surface area contributed by atoms with Crippen LogP contribution in [0.15, 0.2) is 131 Å². The minimum atomic E-state index is -4.53. The number of hydroxylamine groups is 2. The lowest BCUT2D eigenvalue weighted by Crippen LogP contribution is -2.57. The van der Waals surface area contributed by atoms with E-state index in [1.807, 2.05) is 60.7 Å². The van der Waals surface area contributed by atoms with Crippen LogP contribution in [0.1, 0.15) is 33.1 Å². The van der Waals surface area contributed by atoms with E-state index in [0.29, 0.717) is 37.3 Å². The first-order chi connectivity index (χ1) is 29.3. The summed E-state index contributed by atoms with van der Waals surface area (Å²) >= 11 is 2.40. The molecule has 0 bridgehead atoms. The van der Waals surface area contributed by atoms with Gasteiger partial charge < -0.3 is 14.6 Å². The highest BCUT2D eigenvalue weighted by atomic mass is 32.2. The molecule has 19 heteroatoms. The predicted octanol–water partition coefficient (Wildman–Crippen LogP) is 5.63. The first kappa shape index (κ1) is 42.2. The van der Waals surface area contributed by atoms with Crippen molar-refractivity contribution in [3.05, 3.63) is 142 Å². The Balaban J connectivity index is 1.19. The molecule has 61 heavy (non-hydrogen) atoms. The van der Waals surface area contributed by atoms with E-state index in [1.165, 1.54) is 85.4 Å². The van der Waals surface area contributed by atoms with Crippen molar-refractivity contribution in [3.63, 3.8) is 0 Å². The number of sulfonamides is 2. The zero-order valence-electron chi connectivity index (χ0n) is 32.4. The number of hydrogen-bond acceptors (Lipinski definition) is 13. The van der Waals surface area contributed by atoms with Crippen molar-refractivity contribution in [2.75, 3.05) is 14.2 Å². The second kappa shape index (κ2) is 17.1. The van der Waals surface area contributed by atoms with Gasteiger partial charge in [-0.1, -0.05) is 60.7 Å². The van der Waals surface area contributed by atoms with Crippen LogP contribution in [-0.4, -0.2) is 73.9 Å². The number of hydrogen-bond donors (Lipinski definition) is 4. The Hall–Kier alpha value is -5.48. The number of aliphatic hydroxyl groups is 1. The van der Waals surface area contributed by atoms with Gasteiger partial charge in [-0.2, -0.15) is 8.61 Å². The Bertz CT molecular complexity index is 2780. The molecule has 0 saturated carbocycles. The van der Waals surface area contributed by atoms with Gasteiger partial charge in [0.05, 0.1) is 24.0 Å². The molecule has 2 aliphatic rings. The molecule has 2 aliphatic heterocycles. The van der Waals surface area contributed by atoms with Crippen LogP contribution >= 0.6 is 22.7 Å². The van der Waals surface area contributed by atoms with Crippen LogP contribution in [-0.2, 0) is 47.6 Å². The molecule has 4 atom stereocenters. The molecule has 0 radical (unpaired) electrons. The highest BCUT2D eigenvalue weighted by molar-refractivity contribution is 7.89. The molecule has 6 aromatic rings. The van der Waals surface area contributed by atoms with Crippen molar-refractivity contribution < 1.29 is 51.0 Å². The van der Waals surface area contributed by atoms with Crippen molar-refractivity contribution in [1.82, 2.24) is 19.6 Å². The van der Waals surface area contributed by atoms with E-state index in [9.17, 15) is 36.7 Å². The number of carbonyl (C=O) groups excluding carboxylic acids is 2. The fourth-order valence-electron chi connectivity index (χ4n) is 7.38. The molecule has 2 aromatic heterocycles. The van der Waals surface area contributed by atoms with Crippen molar-refractivity contribution in [2.45, 2.75) is 47.2 Å². The molecule has 4 N–H and O–H groups in total. The van der Waals surface area contributed by atoms with Crippen molar-refractivity contribution in [2.24, 2.45) is 0 Å². The van der Waals surface area contributed by atoms with Gasteiger partial charge in [-0.3, -0.25) is 19.6 Å². The van der Waals surface area contributed by atoms with Crippen LogP contribution in [0, 0.1) is 0 Å². The number of amides is 2. The number of fused-ring (bicyclic) bond motifs is 2. The smallest absolute Gasteiger partial charge is 0.265 e. The van der Waals surface area contributed by atoms with Gasteiger partial charge in [0.2, 0.25) is 20.0 Å². The van der Waals surface area contributed by atoms with E-state index < -0.39 is 56.2 Å². The number of nitrogens with zero attached hydrogens (tertiary/aromatic N) is 2. The summed E-state index contributed by atoms with van der Waals surface area (Å²) in [6.45, 7) is -0.621. The molecular formula is C42H38N4O11S4. The maximum atomic E-state index is 14.6. The summed E-state index contributed by atoms with van der Waals surface area (Å²) < 4.78 is 69.8. The maximum absolute atomic E-state index is 14.6. The minimum Gasteiger partial charge on any atom is -0.497 e.